The Labute approximate surface area is 92.6 Å². The molecule has 0 amide bonds. The Bertz CT molecular complexity index is 319. The molecule has 0 aromatic heterocycles. The van der Waals surface area contributed by atoms with Gasteiger partial charge in [-0.15, -0.1) is 0 Å². The summed E-state index contributed by atoms with van der Waals surface area (Å²) in [6, 6.07) is 2.71. The molecule has 14 heavy (non-hydrogen) atoms. The first-order valence-electron chi connectivity index (χ1n) is 4.11. The van der Waals surface area contributed by atoms with E-state index in [2.05, 4.69) is 0 Å². The van der Waals surface area contributed by atoms with Crippen molar-refractivity contribution >= 4 is 28.9 Å². The van der Waals surface area contributed by atoms with E-state index in [0.29, 0.717) is 21.3 Å². The van der Waals surface area contributed by atoms with Gasteiger partial charge in [0.2, 0.25) is 0 Å². The van der Waals surface area contributed by atoms with Crippen molar-refractivity contribution in [1.82, 2.24) is 0 Å². The molecule has 0 radical (unpaired) electrons. The third-order valence-corrected chi connectivity index (χ3v) is 2.63. The highest BCUT2D eigenvalue weighted by Crippen LogP contribution is 2.31. The fourth-order valence-electron chi connectivity index (χ4n) is 1.07. The lowest BCUT2D eigenvalue weighted by Gasteiger charge is -2.16. The highest BCUT2D eigenvalue weighted by atomic mass is 35.5. The molecule has 0 aliphatic rings. The number of halogens is 2. The van der Waals surface area contributed by atoms with Crippen molar-refractivity contribution in [3.8, 4) is 0 Å². The molecule has 0 heterocycles. The Hall–Kier alpha value is -0.480. The maximum absolute atomic E-state index is 9.28. The summed E-state index contributed by atoms with van der Waals surface area (Å²) in [7, 11) is 0. The lowest BCUT2D eigenvalue weighted by molar-refractivity contribution is 0.164. The first-order valence-corrected chi connectivity index (χ1v) is 4.87. The lowest BCUT2D eigenvalue weighted by Crippen LogP contribution is -2.23. The number of hydrogen-bond acceptors (Lipinski definition) is 3. The fraction of sp³-hybridized carbons (Fsp3) is 0.333. The molecule has 5 heteroatoms. The van der Waals surface area contributed by atoms with Crippen LogP contribution in [0.1, 0.15) is 18.5 Å². The Kier molecular flexibility index (Phi) is 3.61. The number of nitrogens with two attached hydrogens (primary N) is 2. The van der Waals surface area contributed by atoms with Gasteiger partial charge in [-0.25, -0.2) is 0 Å². The van der Waals surface area contributed by atoms with Gasteiger partial charge >= 0.3 is 0 Å². The topological polar surface area (TPSA) is 72.3 Å². The van der Waals surface area contributed by atoms with Gasteiger partial charge in [0.15, 0.2) is 0 Å². The fourth-order valence-corrected chi connectivity index (χ4v) is 1.58. The molecule has 0 bridgehead atoms. The Morgan fingerprint density at radius 1 is 1.29 bits per heavy atom. The number of aliphatic hydroxyl groups is 1. The van der Waals surface area contributed by atoms with E-state index in [9.17, 15) is 5.11 Å². The molecule has 0 saturated carbocycles. The van der Waals surface area contributed by atoms with Crippen molar-refractivity contribution in [2.75, 3.05) is 5.73 Å². The smallest absolute Gasteiger partial charge is 0.0704 e. The summed E-state index contributed by atoms with van der Waals surface area (Å²) in [6.07, 6.45) is -0.661. The molecule has 0 aliphatic carbocycles. The standard InChI is InChI=1S/C9H12Cl2N2O/c1-4(14)8(12)5-2-6(10)9(13)7(11)3-5/h2-4,8,14H,12-13H2,1H3. The van der Waals surface area contributed by atoms with Crippen LogP contribution in [0.25, 0.3) is 0 Å². The summed E-state index contributed by atoms with van der Waals surface area (Å²) in [4.78, 5) is 0. The van der Waals surface area contributed by atoms with Gasteiger partial charge < -0.3 is 16.6 Å². The van der Waals surface area contributed by atoms with Gasteiger partial charge in [0.25, 0.3) is 0 Å². The number of rotatable bonds is 2. The Balaban J connectivity index is 3.12. The van der Waals surface area contributed by atoms with Gasteiger partial charge in [-0.2, -0.15) is 0 Å². The quantitative estimate of drug-likeness (QED) is 0.686. The molecule has 0 spiro atoms. The molecule has 0 fully saturated rings. The summed E-state index contributed by atoms with van der Waals surface area (Å²) in [5, 5.41) is 9.98. The summed E-state index contributed by atoms with van der Waals surface area (Å²) in [6.45, 7) is 1.60. The number of benzene rings is 1. The van der Waals surface area contributed by atoms with E-state index < -0.39 is 12.1 Å². The minimum Gasteiger partial charge on any atom is -0.396 e. The third-order valence-electron chi connectivity index (χ3n) is 2.01. The zero-order valence-electron chi connectivity index (χ0n) is 7.67. The normalized spacial score (nSPS) is 15.2. The molecule has 3 nitrogen and oxygen atoms in total. The summed E-state index contributed by atoms with van der Waals surface area (Å²) in [5.74, 6) is 0. The molecule has 1 aromatic rings. The maximum atomic E-state index is 9.28. The Morgan fingerprint density at radius 3 is 2.07 bits per heavy atom. The SMILES string of the molecule is CC(O)C(N)c1cc(Cl)c(N)c(Cl)c1. The van der Waals surface area contributed by atoms with Gasteiger partial charge in [-0.3, -0.25) is 0 Å². The summed E-state index contributed by atoms with van der Waals surface area (Å²) < 4.78 is 0. The largest absolute Gasteiger partial charge is 0.396 e. The van der Waals surface area contributed by atoms with Crippen molar-refractivity contribution in [1.29, 1.82) is 0 Å². The van der Waals surface area contributed by atoms with Crippen molar-refractivity contribution < 1.29 is 5.11 Å². The molecule has 1 rings (SSSR count). The summed E-state index contributed by atoms with van der Waals surface area (Å²) >= 11 is 11.6. The van der Waals surface area contributed by atoms with E-state index >= 15 is 0 Å². The van der Waals surface area contributed by atoms with Gasteiger partial charge in [0.05, 0.1) is 27.9 Å². The highest BCUT2D eigenvalue weighted by molar-refractivity contribution is 6.38. The monoisotopic (exact) mass is 234 g/mol. The minimum atomic E-state index is -0.661. The average Bonchev–Trinajstić information content (AvgIpc) is 2.12. The van der Waals surface area contributed by atoms with E-state index in [-0.39, 0.29) is 0 Å². The van der Waals surface area contributed by atoms with Crippen LogP contribution < -0.4 is 11.5 Å². The predicted octanol–water partition coefficient (Wildman–Crippen LogP) is 1.96. The van der Waals surface area contributed by atoms with E-state index in [4.69, 9.17) is 34.7 Å². The average molecular weight is 235 g/mol. The van der Waals surface area contributed by atoms with Crippen molar-refractivity contribution in [3.05, 3.63) is 27.7 Å². The van der Waals surface area contributed by atoms with Gasteiger partial charge in [-0.1, -0.05) is 23.2 Å². The van der Waals surface area contributed by atoms with E-state index in [1.165, 1.54) is 0 Å². The lowest BCUT2D eigenvalue weighted by atomic mass is 10.0. The van der Waals surface area contributed by atoms with Gasteiger partial charge in [0, 0.05) is 0 Å². The van der Waals surface area contributed by atoms with Crippen LogP contribution in [-0.4, -0.2) is 11.2 Å². The molecule has 5 N–H and O–H groups in total. The van der Waals surface area contributed by atoms with E-state index in [1.807, 2.05) is 0 Å². The van der Waals surface area contributed by atoms with Crippen molar-refractivity contribution in [3.63, 3.8) is 0 Å². The van der Waals surface area contributed by atoms with E-state index in [1.54, 1.807) is 19.1 Å². The molecule has 2 atom stereocenters. The zero-order chi connectivity index (χ0) is 10.9. The van der Waals surface area contributed by atoms with Gasteiger partial charge in [-0.05, 0) is 24.6 Å². The van der Waals surface area contributed by atoms with Crippen LogP contribution in [-0.2, 0) is 0 Å². The maximum Gasteiger partial charge on any atom is 0.0704 e. The molecule has 1 aromatic carbocycles. The van der Waals surface area contributed by atoms with Crippen LogP contribution in [0, 0.1) is 0 Å². The number of nitrogen functional groups attached to an aromatic ring is 1. The Morgan fingerprint density at radius 2 is 1.71 bits per heavy atom. The molecular formula is C9H12Cl2N2O. The van der Waals surface area contributed by atoms with Crippen LogP contribution in [0.3, 0.4) is 0 Å². The van der Waals surface area contributed by atoms with Crippen LogP contribution in [0.15, 0.2) is 12.1 Å². The van der Waals surface area contributed by atoms with Gasteiger partial charge in [0.1, 0.15) is 0 Å². The van der Waals surface area contributed by atoms with Crippen LogP contribution in [0.4, 0.5) is 5.69 Å². The third kappa shape index (κ3) is 2.30. The van der Waals surface area contributed by atoms with Crippen LogP contribution in [0.2, 0.25) is 10.0 Å². The zero-order valence-corrected chi connectivity index (χ0v) is 9.18. The second kappa shape index (κ2) is 4.36. The molecular weight excluding hydrogens is 223 g/mol. The van der Waals surface area contributed by atoms with Crippen molar-refractivity contribution in [2.24, 2.45) is 5.73 Å². The first kappa shape index (κ1) is 11.6. The second-order valence-electron chi connectivity index (χ2n) is 3.16. The molecule has 78 valence electrons. The number of hydrogen-bond donors (Lipinski definition) is 3. The summed E-state index contributed by atoms with van der Waals surface area (Å²) in [5.41, 5.74) is 12.3. The predicted molar refractivity (Wildman–Crippen MR) is 59.5 cm³/mol. The molecule has 0 saturated heterocycles. The van der Waals surface area contributed by atoms with Crippen LogP contribution >= 0.6 is 23.2 Å². The van der Waals surface area contributed by atoms with E-state index in [0.717, 1.165) is 0 Å². The second-order valence-corrected chi connectivity index (χ2v) is 3.98. The van der Waals surface area contributed by atoms with Crippen LogP contribution in [0.5, 0.6) is 0 Å². The number of aliphatic hydroxyl groups excluding tert-OH is 1. The molecule has 2 unspecified atom stereocenters. The number of anilines is 1. The minimum absolute atomic E-state index is 0.329. The highest BCUT2D eigenvalue weighted by Gasteiger charge is 2.14. The first-order chi connectivity index (χ1) is 6.43. The van der Waals surface area contributed by atoms with Crippen molar-refractivity contribution in [2.45, 2.75) is 19.1 Å². The molecule has 0 aliphatic heterocycles.